The Morgan fingerprint density at radius 2 is 1.29 bits per heavy atom. The first-order valence-electron chi connectivity index (χ1n) is 7.43. The Labute approximate surface area is 130 Å². The molecule has 2 N–H and O–H groups in total. The second kappa shape index (κ2) is 7.99. The highest BCUT2D eigenvalue weighted by Crippen LogP contribution is 2.33. The molecule has 0 spiro atoms. The van der Waals surface area contributed by atoms with E-state index in [1.165, 1.54) is 25.7 Å². The van der Waals surface area contributed by atoms with E-state index in [1.54, 1.807) is 36.0 Å². The zero-order valence-electron chi connectivity index (χ0n) is 12.3. The van der Waals surface area contributed by atoms with Crippen LogP contribution in [0.25, 0.3) is 0 Å². The van der Waals surface area contributed by atoms with Gasteiger partial charge in [-0.05, 0) is 54.4 Å². The molecule has 3 rings (SSSR count). The summed E-state index contributed by atoms with van der Waals surface area (Å²) in [4.78, 5) is 2.11. The zero-order valence-corrected chi connectivity index (χ0v) is 13.1. The lowest BCUT2D eigenvalue weighted by molar-refractivity contribution is 0.474. The van der Waals surface area contributed by atoms with Crippen molar-refractivity contribution in [2.45, 2.75) is 42.4 Å². The summed E-state index contributed by atoms with van der Waals surface area (Å²) in [5.74, 6) is 1.69. The van der Waals surface area contributed by atoms with Crippen LogP contribution >= 0.6 is 11.8 Å². The van der Waals surface area contributed by atoms with Crippen LogP contribution in [0, 0.1) is 5.92 Å². The Morgan fingerprint density at radius 3 is 1.57 bits per heavy atom. The quantitative estimate of drug-likeness (QED) is 0.789. The van der Waals surface area contributed by atoms with Crippen LogP contribution in [0.15, 0.2) is 58.3 Å². The fraction of sp³-hybridized carbons (Fsp3) is 0.333. The molecule has 2 aromatic carbocycles. The van der Waals surface area contributed by atoms with E-state index in [9.17, 15) is 0 Å². The number of hydrogen-bond donors (Lipinski definition) is 2. The van der Waals surface area contributed by atoms with Gasteiger partial charge in [0.25, 0.3) is 0 Å². The minimum Gasteiger partial charge on any atom is -0.508 e. The van der Waals surface area contributed by atoms with Crippen molar-refractivity contribution in [2.24, 2.45) is 5.92 Å². The summed E-state index contributed by atoms with van der Waals surface area (Å²) in [6.45, 7) is 2.26. The van der Waals surface area contributed by atoms with Crippen LogP contribution < -0.4 is 0 Å². The van der Waals surface area contributed by atoms with Gasteiger partial charge in [0.05, 0.1) is 0 Å². The maximum atomic E-state index is 9.12. The van der Waals surface area contributed by atoms with Crippen LogP contribution in [0.3, 0.4) is 0 Å². The van der Waals surface area contributed by atoms with Crippen LogP contribution in [0.2, 0.25) is 0 Å². The first kappa shape index (κ1) is 15.8. The third-order valence-corrected chi connectivity index (χ3v) is 4.32. The number of aromatic hydroxyl groups is 2. The summed E-state index contributed by atoms with van der Waals surface area (Å²) in [5, 5.41) is 18.2. The lowest BCUT2D eigenvalue weighted by atomic mass is 10.2. The molecule has 1 aliphatic rings. The smallest absolute Gasteiger partial charge is 0.115 e. The summed E-state index contributed by atoms with van der Waals surface area (Å²) >= 11 is 1.58. The molecule has 2 nitrogen and oxygen atoms in total. The van der Waals surface area contributed by atoms with Gasteiger partial charge in [-0.15, -0.1) is 0 Å². The number of phenols is 2. The molecule has 0 aromatic heterocycles. The molecule has 0 radical (unpaired) electrons. The molecule has 1 fully saturated rings. The monoisotopic (exact) mass is 302 g/mol. The van der Waals surface area contributed by atoms with Crippen molar-refractivity contribution in [3.05, 3.63) is 48.5 Å². The van der Waals surface area contributed by atoms with Gasteiger partial charge < -0.3 is 10.2 Å². The lowest BCUT2D eigenvalue weighted by Crippen LogP contribution is -1.73. The van der Waals surface area contributed by atoms with Gasteiger partial charge in [0.2, 0.25) is 0 Å². The summed E-state index contributed by atoms with van der Waals surface area (Å²) < 4.78 is 0. The second-order valence-electron chi connectivity index (χ2n) is 5.32. The van der Waals surface area contributed by atoms with Gasteiger partial charge >= 0.3 is 0 Å². The maximum Gasteiger partial charge on any atom is 0.115 e. The molecule has 112 valence electrons. The molecule has 21 heavy (non-hydrogen) atoms. The van der Waals surface area contributed by atoms with Gasteiger partial charge in [0.1, 0.15) is 11.5 Å². The van der Waals surface area contributed by atoms with Crippen molar-refractivity contribution in [1.29, 1.82) is 0 Å². The van der Waals surface area contributed by atoms with Crippen molar-refractivity contribution < 1.29 is 10.2 Å². The Bertz CT molecular complexity index is 487. The average molecular weight is 302 g/mol. The Kier molecular flexibility index (Phi) is 6.00. The van der Waals surface area contributed by atoms with Crippen molar-refractivity contribution in [3.8, 4) is 11.5 Å². The number of benzene rings is 2. The van der Waals surface area contributed by atoms with E-state index >= 15 is 0 Å². The van der Waals surface area contributed by atoms with Crippen LogP contribution in [-0.2, 0) is 0 Å². The molecule has 0 bridgehead atoms. The van der Waals surface area contributed by atoms with Crippen molar-refractivity contribution in [2.75, 3.05) is 0 Å². The standard InChI is InChI=1S/C12H10O2S.C6H12/c13-9-1-5-11(6-2-9)15-12-7-3-10(14)4-8-12;1-2-3-6-4-5-6/h1-8,13-14H;6H,2-5H2,1H3. The molecule has 1 saturated carbocycles. The van der Waals surface area contributed by atoms with E-state index in [2.05, 4.69) is 6.92 Å². The molecule has 0 unspecified atom stereocenters. The van der Waals surface area contributed by atoms with E-state index in [1.807, 2.05) is 24.3 Å². The van der Waals surface area contributed by atoms with Crippen LogP contribution in [0.1, 0.15) is 32.6 Å². The Morgan fingerprint density at radius 1 is 0.857 bits per heavy atom. The van der Waals surface area contributed by atoms with Crippen molar-refractivity contribution in [1.82, 2.24) is 0 Å². The minimum absolute atomic E-state index is 0.269. The second-order valence-corrected chi connectivity index (χ2v) is 6.47. The van der Waals surface area contributed by atoms with Crippen LogP contribution in [-0.4, -0.2) is 10.2 Å². The highest BCUT2D eigenvalue weighted by Gasteiger charge is 2.18. The summed E-state index contributed by atoms with van der Waals surface area (Å²) in [7, 11) is 0. The molecule has 2 aromatic rings. The molecule has 0 amide bonds. The topological polar surface area (TPSA) is 40.5 Å². The van der Waals surface area contributed by atoms with Gasteiger partial charge in [0.15, 0.2) is 0 Å². The third kappa shape index (κ3) is 6.13. The third-order valence-electron chi connectivity index (χ3n) is 3.30. The van der Waals surface area contributed by atoms with E-state index in [-0.39, 0.29) is 11.5 Å². The van der Waals surface area contributed by atoms with Crippen molar-refractivity contribution >= 4 is 11.8 Å². The Hall–Kier alpha value is -1.61. The van der Waals surface area contributed by atoms with Crippen molar-refractivity contribution in [3.63, 3.8) is 0 Å². The molecular weight excluding hydrogens is 280 g/mol. The van der Waals surface area contributed by atoms with Crippen LogP contribution in [0.4, 0.5) is 0 Å². The van der Waals surface area contributed by atoms with Gasteiger partial charge in [-0.2, -0.15) is 0 Å². The largest absolute Gasteiger partial charge is 0.508 e. The van der Waals surface area contributed by atoms with Gasteiger partial charge in [0, 0.05) is 9.79 Å². The first-order valence-corrected chi connectivity index (χ1v) is 8.25. The van der Waals surface area contributed by atoms with Crippen LogP contribution in [0.5, 0.6) is 11.5 Å². The van der Waals surface area contributed by atoms with Gasteiger partial charge in [-0.25, -0.2) is 0 Å². The molecule has 0 atom stereocenters. The van der Waals surface area contributed by atoms with E-state index in [4.69, 9.17) is 10.2 Å². The molecule has 1 aliphatic carbocycles. The fourth-order valence-corrected chi connectivity index (χ4v) is 2.80. The van der Waals surface area contributed by atoms with E-state index in [0.29, 0.717) is 0 Å². The van der Waals surface area contributed by atoms with E-state index in [0.717, 1.165) is 15.7 Å². The Balaban J connectivity index is 0.000000225. The normalized spacial score (nSPS) is 13.4. The van der Waals surface area contributed by atoms with E-state index < -0.39 is 0 Å². The molecule has 0 heterocycles. The summed E-state index contributed by atoms with van der Waals surface area (Å²) in [6.07, 6.45) is 5.92. The summed E-state index contributed by atoms with van der Waals surface area (Å²) in [5.41, 5.74) is 0. The predicted octanol–water partition coefficient (Wildman–Crippen LogP) is 5.45. The number of rotatable bonds is 4. The first-order chi connectivity index (χ1) is 10.2. The predicted molar refractivity (Wildman–Crippen MR) is 88.0 cm³/mol. The van der Waals surface area contributed by atoms with Gasteiger partial charge in [-0.3, -0.25) is 0 Å². The SMILES string of the molecule is CCCC1CC1.Oc1ccc(Sc2ccc(O)cc2)cc1. The zero-order chi connectivity index (χ0) is 15.1. The number of hydrogen-bond acceptors (Lipinski definition) is 3. The summed E-state index contributed by atoms with van der Waals surface area (Å²) in [6, 6.07) is 14.0. The molecule has 0 aliphatic heterocycles. The number of phenolic OH excluding ortho intramolecular Hbond substituents is 2. The maximum absolute atomic E-state index is 9.12. The minimum atomic E-state index is 0.269. The molecule has 0 saturated heterocycles. The van der Waals surface area contributed by atoms with Gasteiger partial charge in [-0.1, -0.05) is 44.4 Å². The molecular formula is C18H22O2S. The lowest BCUT2D eigenvalue weighted by Gasteiger charge is -2.01. The fourth-order valence-electron chi connectivity index (χ4n) is 1.98. The highest BCUT2D eigenvalue weighted by molar-refractivity contribution is 7.99. The highest BCUT2D eigenvalue weighted by atomic mass is 32.2. The molecule has 3 heteroatoms. The average Bonchev–Trinajstić information content (AvgIpc) is 3.29.